The van der Waals surface area contributed by atoms with Gasteiger partial charge in [0.05, 0.1) is 0 Å². The van der Waals surface area contributed by atoms with Crippen LogP contribution in [0.25, 0.3) is 0 Å². The molecule has 0 fully saturated rings. The van der Waals surface area contributed by atoms with Crippen molar-refractivity contribution in [1.82, 2.24) is 4.90 Å². The van der Waals surface area contributed by atoms with Gasteiger partial charge in [-0.15, -0.1) is 4.90 Å². The van der Waals surface area contributed by atoms with Crippen molar-refractivity contribution >= 4 is 5.91 Å². The van der Waals surface area contributed by atoms with Crippen molar-refractivity contribution in [1.29, 1.82) is 0 Å². The molecule has 0 aliphatic carbocycles. The second kappa shape index (κ2) is 2.53. The van der Waals surface area contributed by atoms with Crippen molar-refractivity contribution in [2.45, 2.75) is 0 Å². The SMILES string of the molecule is C=CC(=O)[N+](C)C. The van der Waals surface area contributed by atoms with Crippen molar-refractivity contribution in [2.24, 2.45) is 0 Å². The Morgan fingerprint density at radius 2 is 2.14 bits per heavy atom. The zero-order valence-electron chi connectivity index (χ0n) is 4.64. The Morgan fingerprint density at radius 1 is 1.71 bits per heavy atom. The van der Waals surface area contributed by atoms with Crippen LogP contribution < -0.4 is 4.90 Å². The zero-order chi connectivity index (χ0) is 5.86. The predicted octanol–water partition coefficient (Wildman–Crippen LogP) is 0.0987. The third kappa shape index (κ3) is 2.11. The molecule has 0 bridgehead atoms. The predicted molar refractivity (Wildman–Crippen MR) is 29.2 cm³/mol. The van der Waals surface area contributed by atoms with E-state index in [-0.39, 0.29) is 5.91 Å². The Hall–Kier alpha value is -0.630. The monoisotopic (exact) mass is 99.1 g/mol. The number of likely N-dealkylation sites (N-methyl/N-ethyl adjacent to an activating group) is 1. The molecule has 0 aromatic rings. The van der Waals surface area contributed by atoms with E-state index in [1.165, 1.54) is 11.0 Å². The fourth-order valence-corrected chi connectivity index (χ4v) is 0.183. The van der Waals surface area contributed by atoms with Crippen LogP contribution >= 0.6 is 0 Å². The molecule has 0 aromatic carbocycles. The number of hydrogen-bond acceptors (Lipinski definition) is 1. The summed E-state index contributed by atoms with van der Waals surface area (Å²) in [5, 5.41) is 0. The van der Waals surface area contributed by atoms with Gasteiger partial charge in [-0.05, 0) is 0 Å². The highest BCUT2D eigenvalue weighted by Gasteiger charge is 2.06. The average Bonchev–Trinajstić information content (AvgIpc) is 1.65. The molecule has 2 nitrogen and oxygen atoms in total. The summed E-state index contributed by atoms with van der Waals surface area (Å²) in [4.78, 5) is 11.8. The minimum absolute atomic E-state index is 0.0556. The molecule has 1 radical (unpaired) electrons. The van der Waals surface area contributed by atoms with Crippen LogP contribution in [0.3, 0.4) is 0 Å². The summed E-state index contributed by atoms with van der Waals surface area (Å²) in [5.41, 5.74) is 0. The zero-order valence-corrected chi connectivity index (χ0v) is 4.64. The van der Waals surface area contributed by atoms with Crippen LogP contribution in [-0.4, -0.2) is 20.0 Å². The van der Waals surface area contributed by atoms with E-state index in [9.17, 15) is 4.79 Å². The van der Waals surface area contributed by atoms with E-state index in [4.69, 9.17) is 0 Å². The molecule has 0 aliphatic rings. The first kappa shape index (κ1) is 6.37. The van der Waals surface area contributed by atoms with Crippen molar-refractivity contribution < 1.29 is 4.79 Å². The van der Waals surface area contributed by atoms with Gasteiger partial charge in [-0.25, -0.2) is 4.79 Å². The Balaban J connectivity index is 3.56. The van der Waals surface area contributed by atoms with E-state index < -0.39 is 0 Å². The first-order valence-corrected chi connectivity index (χ1v) is 2.02. The highest BCUT2D eigenvalue weighted by Crippen LogP contribution is 1.70. The quantitative estimate of drug-likeness (QED) is 0.337. The van der Waals surface area contributed by atoms with Gasteiger partial charge >= 0.3 is 5.91 Å². The molecule has 0 rings (SSSR count). The summed E-state index contributed by atoms with van der Waals surface area (Å²) in [6.07, 6.45) is 1.28. The second-order valence-electron chi connectivity index (χ2n) is 1.44. The topological polar surface area (TPSA) is 23.0 Å². The van der Waals surface area contributed by atoms with Crippen LogP contribution in [0.1, 0.15) is 0 Å². The number of rotatable bonds is 1. The normalized spacial score (nSPS) is 9.00. The number of carbonyl (C=O) groups is 1. The van der Waals surface area contributed by atoms with Gasteiger partial charge in [0.1, 0.15) is 14.1 Å². The molecule has 0 aromatic heterocycles. The molecule has 0 heterocycles. The van der Waals surface area contributed by atoms with E-state index in [0.717, 1.165) is 0 Å². The summed E-state index contributed by atoms with van der Waals surface area (Å²) in [6, 6.07) is 0. The van der Waals surface area contributed by atoms with E-state index in [1.807, 2.05) is 0 Å². The summed E-state index contributed by atoms with van der Waals surface area (Å²) in [5.74, 6) is -0.0556. The smallest absolute Gasteiger partial charge is 0.221 e. The van der Waals surface area contributed by atoms with Crippen LogP contribution in [0.15, 0.2) is 12.7 Å². The summed E-state index contributed by atoms with van der Waals surface area (Å²) in [7, 11) is 3.37. The van der Waals surface area contributed by atoms with Crippen LogP contribution in [0, 0.1) is 0 Å². The molecule has 0 saturated carbocycles. The van der Waals surface area contributed by atoms with Crippen molar-refractivity contribution in [2.75, 3.05) is 14.1 Å². The number of nitrogens with zero attached hydrogens (tertiary/aromatic N) is 1. The Bertz CT molecular complexity index is 86.1. The van der Waals surface area contributed by atoms with Crippen molar-refractivity contribution in [3.8, 4) is 0 Å². The van der Waals surface area contributed by atoms with E-state index in [1.54, 1.807) is 14.1 Å². The number of carbonyl (C=O) groups excluding carboxylic acids is 1. The third-order valence-electron chi connectivity index (χ3n) is 0.615. The summed E-state index contributed by atoms with van der Waals surface area (Å²) in [6.45, 7) is 3.29. The second-order valence-corrected chi connectivity index (χ2v) is 1.44. The maximum absolute atomic E-state index is 10.3. The van der Waals surface area contributed by atoms with Gasteiger partial charge in [0.25, 0.3) is 0 Å². The van der Waals surface area contributed by atoms with E-state index >= 15 is 0 Å². The van der Waals surface area contributed by atoms with Gasteiger partial charge in [0.15, 0.2) is 0 Å². The Labute approximate surface area is 43.4 Å². The molecule has 0 atom stereocenters. The first-order valence-electron chi connectivity index (χ1n) is 2.02. The van der Waals surface area contributed by atoms with Crippen LogP contribution in [0.5, 0.6) is 0 Å². The molecular formula is C5H9NO+. The van der Waals surface area contributed by atoms with Crippen molar-refractivity contribution in [3.05, 3.63) is 12.7 Å². The van der Waals surface area contributed by atoms with Crippen LogP contribution in [-0.2, 0) is 4.79 Å². The fraction of sp³-hybridized carbons (Fsp3) is 0.400. The van der Waals surface area contributed by atoms with Crippen molar-refractivity contribution in [3.63, 3.8) is 0 Å². The molecule has 0 N–H and O–H groups in total. The molecular weight excluding hydrogens is 90.1 g/mol. The largest absolute Gasteiger partial charge is 0.384 e. The standard InChI is InChI=1S/C5H9NO/c1-4-5(7)6(2)3/h4H,1H2,2-3H3/q+1. The lowest BCUT2D eigenvalue weighted by molar-refractivity contribution is -0.119. The van der Waals surface area contributed by atoms with Gasteiger partial charge in [0.2, 0.25) is 0 Å². The Kier molecular flexibility index (Phi) is 2.30. The van der Waals surface area contributed by atoms with E-state index in [0.29, 0.717) is 0 Å². The number of amides is 1. The maximum Gasteiger partial charge on any atom is 0.384 e. The van der Waals surface area contributed by atoms with E-state index in [2.05, 4.69) is 6.58 Å². The van der Waals surface area contributed by atoms with Crippen LogP contribution in [0.2, 0.25) is 0 Å². The minimum atomic E-state index is -0.0556. The summed E-state index contributed by atoms with van der Waals surface area (Å²) >= 11 is 0. The van der Waals surface area contributed by atoms with Gasteiger partial charge in [-0.2, -0.15) is 0 Å². The lowest BCUT2D eigenvalue weighted by atomic mass is 10.5. The molecule has 2 heteroatoms. The van der Waals surface area contributed by atoms with Gasteiger partial charge < -0.3 is 0 Å². The Morgan fingerprint density at radius 3 is 2.14 bits per heavy atom. The molecule has 1 amide bonds. The fourth-order valence-electron chi connectivity index (χ4n) is 0.183. The highest BCUT2D eigenvalue weighted by atomic mass is 16.2. The lowest BCUT2D eigenvalue weighted by Crippen LogP contribution is -2.24. The van der Waals surface area contributed by atoms with Gasteiger partial charge in [0, 0.05) is 6.08 Å². The third-order valence-corrected chi connectivity index (χ3v) is 0.615. The number of hydrogen-bond donors (Lipinski definition) is 0. The first-order chi connectivity index (χ1) is 3.18. The maximum atomic E-state index is 10.3. The molecule has 0 unspecified atom stereocenters. The summed E-state index contributed by atoms with van der Waals surface area (Å²) < 4.78 is 0. The van der Waals surface area contributed by atoms with Gasteiger partial charge in [-0.3, -0.25) is 0 Å². The van der Waals surface area contributed by atoms with Crippen LogP contribution in [0.4, 0.5) is 0 Å². The molecule has 0 saturated heterocycles. The lowest BCUT2D eigenvalue weighted by Gasteiger charge is -1.86. The minimum Gasteiger partial charge on any atom is -0.221 e. The molecule has 39 valence electrons. The molecule has 0 aliphatic heterocycles. The highest BCUT2D eigenvalue weighted by molar-refractivity contribution is 5.88. The molecule has 7 heavy (non-hydrogen) atoms. The average molecular weight is 99.1 g/mol. The van der Waals surface area contributed by atoms with Gasteiger partial charge in [-0.1, -0.05) is 6.58 Å². The molecule has 0 spiro atoms.